The molecule has 0 spiro atoms. The van der Waals surface area contributed by atoms with Crippen LogP contribution in [-0.4, -0.2) is 8.07 Å². The molecule has 0 bridgehead atoms. The monoisotopic (exact) mass is 764 g/mol. The normalized spacial score (nSPS) is 11.7. The lowest BCUT2D eigenvalue weighted by molar-refractivity contribution is 1.62. The van der Waals surface area contributed by atoms with E-state index in [9.17, 15) is 0 Å². The molecule has 1 heteroatoms. The van der Waals surface area contributed by atoms with Crippen molar-refractivity contribution in [3.63, 3.8) is 0 Å². The number of hydrogen-bond donors (Lipinski definition) is 0. The van der Waals surface area contributed by atoms with Crippen LogP contribution in [0.2, 0.25) is 0 Å². The Morgan fingerprint density at radius 3 is 1.20 bits per heavy atom. The van der Waals surface area contributed by atoms with Crippen LogP contribution in [-0.2, 0) is 0 Å². The highest BCUT2D eigenvalue weighted by Gasteiger charge is 2.41. The molecule has 0 fully saturated rings. The first-order valence-corrected chi connectivity index (χ1v) is 22.5. The van der Waals surface area contributed by atoms with Gasteiger partial charge in [0.05, 0.1) is 0 Å². The minimum absolute atomic E-state index is 1.23. The van der Waals surface area contributed by atoms with E-state index in [0.717, 1.165) is 0 Å². The minimum atomic E-state index is -2.65. The molecule has 0 saturated carbocycles. The molecule has 0 heterocycles. The summed E-state index contributed by atoms with van der Waals surface area (Å²) in [6.07, 6.45) is 0. The van der Waals surface area contributed by atoms with Crippen molar-refractivity contribution in [2.45, 2.75) is 0 Å². The smallest absolute Gasteiger partial charge is 0.0623 e. The van der Waals surface area contributed by atoms with Crippen molar-refractivity contribution in [1.29, 1.82) is 0 Å². The van der Waals surface area contributed by atoms with E-state index >= 15 is 0 Å². The molecule has 0 amide bonds. The molecule has 0 aliphatic rings. The first kappa shape index (κ1) is 34.9. The SMILES string of the molecule is c1ccc([Si](c2ccccc2)(c2ccccc2)c2ccc3cc(-c4c5ccccc5c(-c5ccccc5-c5ccc6ccccc6c5)c5ccccc45)ccc3c2)cc1. The zero-order chi connectivity index (χ0) is 39.2. The second kappa shape index (κ2) is 14.6. The average molecular weight is 765 g/mol. The molecule has 0 nitrogen and oxygen atoms in total. The van der Waals surface area contributed by atoms with Crippen LogP contribution in [0.5, 0.6) is 0 Å². The van der Waals surface area contributed by atoms with Crippen LogP contribution in [0.3, 0.4) is 0 Å². The first-order valence-electron chi connectivity index (χ1n) is 20.5. The zero-order valence-corrected chi connectivity index (χ0v) is 33.6. The molecule has 11 aromatic rings. The van der Waals surface area contributed by atoms with Crippen molar-refractivity contribution in [3.8, 4) is 33.4 Å². The molecule has 0 aliphatic heterocycles. The summed E-state index contributed by atoms with van der Waals surface area (Å²) in [6, 6.07) is 90.3. The van der Waals surface area contributed by atoms with Gasteiger partial charge >= 0.3 is 0 Å². The number of hydrogen-bond acceptors (Lipinski definition) is 0. The quantitative estimate of drug-likeness (QED) is 0.0861. The second-order valence-corrected chi connectivity index (χ2v) is 19.4. The first-order chi connectivity index (χ1) is 29.3. The van der Waals surface area contributed by atoms with Crippen molar-refractivity contribution in [1.82, 2.24) is 0 Å². The van der Waals surface area contributed by atoms with Crippen molar-refractivity contribution in [3.05, 3.63) is 243 Å². The summed E-state index contributed by atoms with van der Waals surface area (Å²) in [6.45, 7) is 0. The fourth-order valence-corrected chi connectivity index (χ4v) is 14.5. The molecule has 276 valence electrons. The lowest BCUT2D eigenvalue weighted by Gasteiger charge is -2.34. The van der Waals surface area contributed by atoms with Crippen molar-refractivity contribution >= 4 is 71.9 Å². The topological polar surface area (TPSA) is 0 Å². The molecular weight excluding hydrogens is 725 g/mol. The van der Waals surface area contributed by atoms with Gasteiger partial charge in [-0.3, -0.25) is 0 Å². The second-order valence-electron chi connectivity index (χ2n) is 15.6. The van der Waals surface area contributed by atoms with E-state index in [1.54, 1.807) is 0 Å². The van der Waals surface area contributed by atoms with Crippen LogP contribution in [0.1, 0.15) is 0 Å². The predicted molar refractivity (Wildman–Crippen MR) is 256 cm³/mol. The molecule has 0 radical (unpaired) electrons. The largest absolute Gasteiger partial charge is 0.179 e. The highest BCUT2D eigenvalue weighted by atomic mass is 28.3. The summed E-state index contributed by atoms with van der Waals surface area (Å²) >= 11 is 0. The molecule has 11 rings (SSSR count). The summed E-state index contributed by atoms with van der Waals surface area (Å²) in [7, 11) is -2.65. The molecule has 59 heavy (non-hydrogen) atoms. The lowest BCUT2D eigenvalue weighted by Crippen LogP contribution is -2.74. The summed E-state index contributed by atoms with van der Waals surface area (Å²) in [5.74, 6) is 0. The van der Waals surface area contributed by atoms with Gasteiger partial charge in [-0.15, -0.1) is 0 Å². The Hall–Kier alpha value is -7.32. The maximum atomic E-state index is 2.47. The number of rotatable bonds is 7. The maximum absolute atomic E-state index is 2.65. The van der Waals surface area contributed by atoms with Crippen LogP contribution >= 0.6 is 0 Å². The van der Waals surface area contributed by atoms with Gasteiger partial charge < -0.3 is 0 Å². The number of fused-ring (bicyclic) bond motifs is 4. The standard InChI is InChI=1S/C58H40Si/c1-4-20-47(21-5-1)59(48-22-6-2-7-23-48,49-24-8-3-9-25-49)50-37-36-43-39-46(35-33-44(43)40-50)57-53-28-14-16-30-55(53)58(56-31-17-15-29-54(56)57)52-27-13-12-26-51(52)45-34-32-41-18-10-11-19-42(41)38-45/h1-40H. The molecule has 11 aromatic carbocycles. The lowest BCUT2D eigenvalue weighted by atomic mass is 9.83. The fraction of sp³-hybridized carbons (Fsp3) is 0. The van der Waals surface area contributed by atoms with Gasteiger partial charge in [0.15, 0.2) is 8.07 Å². The van der Waals surface area contributed by atoms with Crippen molar-refractivity contribution in [2.24, 2.45) is 0 Å². The average Bonchev–Trinajstić information content (AvgIpc) is 3.32. The van der Waals surface area contributed by atoms with Crippen LogP contribution in [0.4, 0.5) is 0 Å². The molecule has 0 N–H and O–H groups in total. The van der Waals surface area contributed by atoms with Gasteiger partial charge in [0.2, 0.25) is 0 Å². The van der Waals surface area contributed by atoms with Crippen LogP contribution < -0.4 is 20.7 Å². The zero-order valence-electron chi connectivity index (χ0n) is 32.6. The molecule has 0 atom stereocenters. The molecule has 0 aliphatic carbocycles. The molecule has 0 saturated heterocycles. The summed E-state index contributed by atoms with van der Waals surface area (Å²) in [4.78, 5) is 0. The third-order valence-corrected chi connectivity index (χ3v) is 17.1. The summed E-state index contributed by atoms with van der Waals surface area (Å²) < 4.78 is 0. The van der Waals surface area contributed by atoms with E-state index in [0.29, 0.717) is 0 Å². The Balaban J connectivity index is 1.11. The minimum Gasteiger partial charge on any atom is -0.0623 e. The van der Waals surface area contributed by atoms with E-state index in [1.165, 1.54) is 97.2 Å². The molecule has 0 aromatic heterocycles. The fourth-order valence-electron chi connectivity index (χ4n) is 9.74. The van der Waals surface area contributed by atoms with Crippen molar-refractivity contribution < 1.29 is 0 Å². The van der Waals surface area contributed by atoms with E-state index in [-0.39, 0.29) is 0 Å². The Bertz CT molecular complexity index is 3160. The van der Waals surface area contributed by atoms with Gasteiger partial charge in [-0.05, 0) is 109 Å². The van der Waals surface area contributed by atoms with Crippen LogP contribution in [0.15, 0.2) is 243 Å². The van der Waals surface area contributed by atoms with E-state index in [4.69, 9.17) is 0 Å². The van der Waals surface area contributed by atoms with Gasteiger partial charge in [0, 0.05) is 0 Å². The van der Waals surface area contributed by atoms with E-state index < -0.39 is 8.07 Å². The van der Waals surface area contributed by atoms with Gasteiger partial charge in [-0.1, -0.05) is 231 Å². The molecule has 0 unspecified atom stereocenters. The van der Waals surface area contributed by atoms with Gasteiger partial charge in [0.25, 0.3) is 0 Å². The van der Waals surface area contributed by atoms with Crippen LogP contribution in [0.25, 0.3) is 76.5 Å². The number of benzene rings is 11. The Morgan fingerprint density at radius 1 is 0.220 bits per heavy atom. The summed E-state index contributed by atoms with van der Waals surface area (Å²) in [5, 5.41) is 15.6. The highest BCUT2D eigenvalue weighted by Crippen LogP contribution is 2.46. The molecular formula is C58H40Si. The third-order valence-electron chi connectivity index (χ3n) is 12.4. The van der Waals surface area contributed by atoms with Gasteiger partial charge in [-0.25, -0.2) is 0 Å². The van der Waals surface area contributed by atoms with Gasteiger partial charge in [0.1, 0.15) is 0 Å². The third kappa shape index (κ3) is 5.82. The Kier molecular flexibility index (Phi) is 8.61. The Morgan fingerprint density at radius 2 is 0.610 bits per heavy atom. The predicted octanol–water partition coefficient (Wildman–Crippen LogP) is 12.7. The van der Waals surface area contributed by atoms with Gasteiger partial charge in [-0.2, -0.15) is 0 Å². The Labute approximate surface area is 346 Å². The highest BCUT2D eigenvalue weighted by molar-refractivity contribution is 7.20. The van der Waals surface area contributed by atoms with E-state index in [1.807, 2.05) is 0 Å². The van der Waals surface area contributed by atoms with Crippen molar-refractivity contribution in [2.75, 3.05) is 0 Å². The van der Waals surface area contributed by atoms with Crippen LogP contribution in [0, 0.1) is 0 Å². The maximum Gasteiger partial charge on any atom is 0.179 e. The van der Waals surface area contributed by atoms with E-state index in [2.05, 4.69) is 243 Å². The summed E-state index contributed by atoms with van der Waals surface area (Å²) in [5.41, 5.74) is 7.49.